The van der Waals surface area contributed by atoms with E-state index < -0.39 is 0 Å². The van der Waals surface area contributed by atoms with Gasteiger partial charge in [-0.15, -0.1) is 0 Å². The van der Waals surface area contributed by atoms with E-state index in [2.05, 4.69) is 29.0 Å². The van der Waals surface area contributed by atoms with Crippen molar-refractivity contribution in [3.05, 3.63) is 82.3 Å². The van der Waals surface area contributed by atoms with Crippen LogP contribution in [0.1, 0.15) is 50.3 Å². The molecule has 0 saturated heterocycles. The lowest BCUT2D eigenvalue weighted by atomic mass is 10.2. The molecule has 3 aromatic rings. The average molecular weight is 401 g/mol. The molecule has 0 aliphatic rings. The van der Waals surface area contributed by atoms with Gasteiger partial charge in [0.1, 0.15) is 5.75 Å². The van der Waals surface area contributed by atoms with E-state index in [1.165, 1.54) is 5.56 Å². The molecule has 2 heterocycles. The SMILES string of the molecule is CC.CC.Cc1cc(C)nc(C)c1.Cc1cccc(Oc2ccc(Cl)cc2)n1. The Morgan fingerprint density at radius 2 is 1.21 bits per heavy atom. The van der Waals surface area contributed by atoms with Gasteiger partial charge in [0.15, 0.2) is 0 Å². The molecule has 0 bridgehead atoms. The summed E-state index contributed by atoms with van der Waals surface area (Å²) in [4.78, 5) is 8.47. The summed E-state index contributed by atoms with van der Waals surface area (Å²) in [5, 5.41) is 0.694. The van der Waals surface area contributed by atoms with Gasteiger partial charge in [0.2, 0.25) is 5.88 Å². The molecule has 3 rings (SSSR count). The van der Waals surface area contributed by atoms with Gasteiger partial charge in [-0.1, -0.05) is 45.4 Å². The molecule has 28 heavy (non-hydrogen) atoms. The molecular formula is C24H33ClN2O. The van der Waals surface area contributed by atoms with Crippen LogP contribution in [0.4, 0.5) is 0 Å². The Morgan fingerprint density at radius 1 is 0.679 bits per heavy atom. The number of ether oxygens (including phenoxy) is 1. The van der Waals surface area contributed by atoms with Gasteiger partial charge in [-0.2, -0.15) is 0 Å². The Bertz CT molecular complexity index is 751. The van der Waals surface area contributed by atoms with Crippen LogP contribution in [0.3, 0.4) is 0 Å². The molecule has 0 atom stereocenters. The third-order valence-corrected chi connectivity index (χ3v) is 3.38. The van der Waals surface area contributed by atoms with Crippen molar-refractivity contribution >= 4 is 11.6 Å². The van der Waals surface area contributed by atoms with Gasteiger partial charge in [-0.05, 0) is 75.7 Å². The molecule has 0 amide bonds. The van der Waals surface area contributed by atoms with Gasteiger partial charge in [-0.3, -0.25) is 4.98 Å². The van der Waals surface area contributed by atoms with Crippen molar-refractivity contribution in [1.29, 1.82) is 0 Å². The monoisotopic (exact) mass is 400 g/mol. The number of aryl methyl sites for hydroxylation is 4. The first-order chi connectivity index (χ1) is 13.4. The molecule has 0 saturated carbocycles. The lowest BCUT2D eigenvalue weighted by Gasteiger charge is -2.04. The fraction of sp³-hybridized carbons (Fsp3) is 0.333. The zero-order chi connectivity index (χ0) is 21.5. The lowest BCUT2D eigenvalue weighted by molar-refractivity contribution is 0.461. The number of pyridine rings is 2. The summed E-state index contributed by atoms with van der Waals surface area (Å²) < 4.78 is 5.54. The van der Waals surface area contributed by atoms with Crippen LogP contribution in [0.25, 0.3) is 0 Å². The Kier molecular flexibility index (Phi) is 13.4. The van der Waals surface area contributed by atoms with Crippen LogP contribution in [0.2, 0.25) is 5.02 Å². The molecule has 0 radical (unpaired) electrons. The standard InChI is InChI=1S/C12H10ClNO.C8H11N.2C2H6/c1-9-3-2-4-12(14-9)15-11-7-5-10(13)6-8-11;1-6-4-7(2)9-8(3)5-6;2*1-2/h2-8H,1H3;4-5H,1-3H3;2*1-2H3. The first-order valence-electron chi connectivity index (χ1n) is 9.71. The van der Waals surface area contributed by atoms with Crippen LogP contribution < -0.4 is 4.74 Å². The predicted octanol–water partition coefficient (Wildman–Crippen LogP) is 7.89. The third kappa shape index (κ3) is 10.7. The topological polar surface area (TPSA) is 35.0 Å². The van der Waals surface area contributed by atoms with Gasteiger partial charge in [0.25, 0.3) is 0 Å². The minimum absolute atomic E-state index is 0.595. The number of benzene rings is 1. The van der Waals surface area contributed by atoms with Crippen molar-refractivity contribution in [3.63, 3.8) is 0 Å². The molecule has 152 valence electrons. The molecule has 2 aromatic heterocycles. The third-order valence-electron chi connectivity index (χ3n) is 3.12. The highest BCUT2D eigenvalue weighted by Crippen LogP contribution is 2.21. The van der Waals surface area contributed by atoms with Crippen LogP contribution >= 0.6 is 11.6 Å². The summed E-state index contributed by atoms with van der Waals surface area (Å²) in [6.07, 6.45) is 0. The van der Waals surface area contributed by atoms with E-state index in [0.29, 0.717) is 10.9 Å². The Labute approximate surface area is 175 Å². The predicted molar refractivity (Wildman–Crippen MR) is 122 cm³/mol. The van der Waals surface area contributed by atoms with Gasteiger partial charge >= 0.3 is 0 Å². The summed E-state index contributed by atoms with van der Waals surface area (Å²) >= 11 is 5.77. The smallest absolute Gasteiger partial charge is 0.219 e. The maximum atomic E-state index is 5.77. The quantitative estimate of drug-likeness (QED) is 0.438. The second kappa shape index (κ2) is 14.6. The highest BCUT2D eigenvalue weighted by Gasteiger charge is 1.98. The molecule has 3 nitrogen and oxygen atoms in total. The van der Waals surface area contributed by atoms with Crippen molar-refractivity contribution in [1.82, 2.24) is 9.97 Å². The molecule has 0 unspecified atom stereocenters. The van der Waals surface area contributed by atoms with E-state index in [9.17, 15) is 0 Å². The van der Waals surface area contributed by atoms with Crippen molar-refractivity contribution in [2.75, 3.05) is 0 Å². The largest absolute Gasteiger partial charge is 0.439 e. The highest BCUT2D eigenvalue weighted by molar-refractivity contribution is 6.30. The van der Waals surface area contributed by atoms with E-state index >= 15 is 0 Å². The molecule has 0 N–H and O–H groups in total. The molecule has 0 aliphatic carbocycles. The van der Waals surface area contributed by atoms with Gasteiger partial charge in [0, 0.05) is 28.2 Å². The fourth-order valence-electron chi connectivity index (χ4n) is 2.24. The van der Waals surface area contributed by atoms with Crippen molar-refractivity contribution in [3.8, 4) is 11.6 Å². The molecule has 0 fully saturated rings. The van der Waals surface area contributed by atoms with E-state index in [4.69, 9.17) is 16.3 Å². The lowest BCUT2D eigenvalue weighted by Crippen LogP contribution is -1.88. The summed E-state index contributed by atoms with van der Waals surface area (Å²) in [6.45, 7) is 16.0. The zero-order valence-corrected chi connectivity index (χ0v) is 19.1. The molecule has 0 aliphatic heterocycles. The van der Waals surface area contributed by atoms with E-state index in [0.717, 1.165) is 22.8 Å². The van der Waals surface area contributed by atoms with Crippen LogP contribution in [-0.2, 0) is 0 Å². The summed E-state index contributed by atoms with van der Waals surface area (Å²) in [6, 6.07) is 17.0. The summed E-state index contributed by atoms with van der Waals surface area (Å²) in [5.41, 5.74) is 4.43. The van der Waals surface area contributed by atoms with Gasteiger partial charge in [0.05, 0.1) is 0 Å². The van der Waals surface area contributed by atoms with Crippen molar-refractivity contribution in [2.45, 2.75) is 55.4 Å². The number of aromatic nitrogens is 2. The van der Waals surface area contributed by atoms with E-state index in [-0.39, 0.29) is 0 Å². The minimum Gasteiger partial charge on any atom is -0.439 e. The van der Waals surface area contributed by atoms with Crippen LogP contribution in [0, 0.1) is 27.7 Å². The summed E-state index contributed by atoms with van der Waals surface area (Å²) in [7, 11) is 0. The Balaban J connectivity index is 0.000000481. The maximum absolute atomic E-state index is 5.77. The van der Waals surface area contributed by atoms with Gasteiger partial charge in [-0.25, -0.2) is 4.98 Å². The number of rotatable bonds is 2. The van der Waals surface area contributed by atoms with Crippen LogP contribution in [0.15, 0.2) is 54.6 Å². The number of hydrogen-bond acceptors (Lipinski definition) is 3. The normalized spacial score (nSPS) is 8.89. The second-order valence-corrected chi connectivity index (χ2v) is 6.04. The van der Waals surface area contributed by atoms with Crippen molar-refractivity contribution < 1.29 is 4.74 Å². The van der Waals surface area contributed by atoms with Crippen LogP contribution in [-0.4, -0.2) is 9.97 Å². The number of nitrogens with zero attached hydrogens (tertiary/aromatic N) is 2. The van der Waals surface area contributed by atoms with Gasteiger partial charge < -0.3 is 4.74 Å². The highest BCUT2D eigenvalue weighted by atomic mass is 35.5. The van der Waals surface area contributed by atoms with E-state index in [1.807, 2.05) is 78.8 Å². The Hall–Kier alpha value is -2.39. The van der Waals surface area contributed by atoms with E-state index in [1.54, 1.807) is 12.1 Å². The zero-order valence-electron chi connectivity index (χ0n) is 18.4. The molecule has 0 spiro atoms. The number of halogens is 1. The fourth-order valence-corrected chi connectivity index (χ4v) is 2.37. The number of hydrogen-bond donors (Lipinski definition) is 0. The Morgan fingerprint density at radius 3 is 1.68 bits per heavy atom. The van der Waals surface area contributed by atoms with Crippen molar-refractivity contribution in [2.24, 2.45) is 0 Å². The first kappa shape index (κ1) is 25.6. The van der Waals surface area contributed by atoms with Crippen LogP contribution in [0.5, 0.6) is 11.6 Å². The summed E-state index contributed by atoms with van der Waals surface area (Å²) in [5.74, 6) is 1.33. The maximum Gasteiger partial charge on any atom is 0.219 e. The molecular weight excluding hydrogens is 368 g/mol. The minimum atomic E-state index is 0.595. The second-order valence-electron chi connectivity index (χ2n) is 5.60. The first-order valence-corrected chi connectivity index (χ1v) is 10.1. The molecule has 1 aromatic carbocycles. The average Bonchev–Trinajstić information content (AvgIpc) is 2.66. The molecule has 4 heteroatoms.